The molecule has 2 aromatic carbocycles. The summed E-state index contributed by atoms with van der Waals surface area (Å²) in [6.45, 7) is 5.53. The van der Waals surface area contributed by atoms with E-state index in [4.69, 9.17) is 11.6 Å². The zero-order valence-electron chi connectivity index (χ0n) is 13.6. The number of carbonyl (C=O) groups is 2. The molecule has 0 heterocycles. The Kier molecular flexibility index (Phi) is 6.02. The van der Waals surface area contributed by atoms with E-state index in [1.165, 1.54) is 0 Å². The number of halogens is 2. The SMILES string of the molecule is Cc1ccc(NC(=O)C(C)C)cc1NC(=O)c1cc(Cl)ccc1Br. The molecule has 24 heavy (non-hydrogen) atoms. The van der Waals surface area contributed by atoms with Gasteiger partial charge in [-0.2, -0.15) is 0 Å². The van der Waals surface area contributed by atoms with Crippen LogP contribution < -0.4 is 10.6 Å². The van der Waals surface area contributed by atoms with Crippen molar-refractivity contribution in [3.8, 4) is 0 Å². The minimum Gasteiger partial charge on any atom is -0.326 e. The summed E-state index contributed by atoms with van der Waals surface area (Å²) in [5, 5.41) is 6.16. The van der Waals surface area contributed by atoms with Crippen LogP contribution in [0.3, 0.4) is 0 Å². The molecule has 6 heteroatoms. The molecule has 0 fully saturated rings. The first kappa shape index (κ1) is 18.5. The topological polar surface area (TPSA) is 58.2 Å². The third-order valence-corrected chi connectivity index (χ3v) is 4.38. The van der Waals surface area contributed by atoms with Crippen LogP contribution in [0.1, 0.15) is 29.8 Å². The Hall–Kier alpha value is -1.85. The summed E-state index contributed by atoms with van der Waals surface area (Å²) in [6, 6.07) is 10.4. The Labute approximate surface area is 154 Å². The van der Waals surface area contributed by atoms with Crippen LogP contribution in [0.5, 0.6) is 0 Å². The Balaban J connectivity index is 2.24. The Morgan fingerprint density at radius 2 is 1.79 bits per heavy atom. The summed E-state index contributed by atoms with van der Waals surface area (Å²) >= 11 is 9.31. The van der Waals surface area contributed by atoms with Crippen molar-refractivity contribution in [3.05, 3.63) is 57.0 Å². The molecule has 0 radical (unpaired) electrons. The number of nitrogens with one attached hydrogen (secondary N) is 2. The minimum absolute atomic E-state index is 0.0753. The van der Waals surface area contributed by atoms with Crippen LogP contribution in [0.25, 0.3) is 0 Å². The van der Waals surface area contributed by atoms with Gasteiger partial charge in [0.2, 0.25) is 5.91 Å². The minimum atomic E-state index is -0.278. The molecule has 0 spiro atoms. The zero-order chi connectivity index (χ0) is 17.9. The molecular weight excluding hydrogens is 392 g/mol. The highest BCUT2D eigenvalue weighted by Crippen LogP contribution is 2.25. The maximum atomic E-state index is 12.5. The molecule has 2 amide bonds. The van der Waals surface area contributed by atoms with Crippen molar-refractivity contribution in [2.45, 2.75) is 20.8 Å². The van der Waals surface area contributed by atoms with Gasteiger partial charge in [-0.15, -0.1) is 0 Å². The molecule has 126 valence electrons. The fourth-order valence-corrected chi connectivity index (χ4v) is 2.58. The van der Waals surface area contributed by atoms with Crippen molar-refractivity contribution in [1.82, 2.24) is 0 Å². The summed E-state index contributed by atoms with van der Waals surface area (Å²) < 4.78 is 0.659. The van der Waals surface area contributed by atoms with E-state index in [1.807, 2.05) is 26.8 Å². The molecule has 0 aliphatic heterocycles. The van der Waals surface area contributed by atoms with E-state index in [2.05, 4.69) is 26.6 Å². The summed E-state index contributed by atoms with van der Waals surface area (Å²) in [4.78, 5) is 24.3. The van der Waals surface area contributed by atoms with E-state index in [-0.39, 0.29) is 17.7 Å². The highest BCUT2D eigenvalue weighted by atomic mass is 79.9. The molecular formula is C18H18BrClN2O2. The molecule has 0 aromatic heterocycles. The summed E-state index contributed by atoms with van der Waals surface area (Å²) in [7, 11) is 0. The smallest absolute Gasteiger partial charge is 0.256 e. The van der Waals surface area contributed by atoms with Gasteiger partial charge in [-0.1, -0.05) is 31.5 Å². The normalized spacial score (nSPS) is 10.6. The quantitative estimate of drug-likeness (QED) is 0.724. The van der Waals surface area contributed by atoms with Gasteiger partial charge in [0.05, 0.1) is 5.56 Å². The van der Waals surface area contributed by atoms with E-state index >= 15 is 0 Å². The van der Waals surface area contributed by atoms with Crippen LogP contribution in [0.4, 0.5) is 11.4 Å². The molecule has 0 saturated carbocycles. The van der Waals surface area contributed by atoms with Crippen LogP contribution >= 0.6 is 27.5 Å². The average Bonchev–Trinajstić information content (AvgIpc) is 2.52. The first-order valence-corrected chi connectivity index (χ1v) is 8.63. The van der Waals surface area contributed by atoms with Crippen molar-refractivity contribution in [3.63, 3.8) is 0 Å². The monoisotopic (exact) mass is 408 g/mol. The van der Waals surface area contributed by atoms with E-state index in [9.17, 15) is 9.59 Å². The molecule has 0 atom stereocenters. The largest absolute Gasteiger partial charge is 0.326 e. The van der Waals surface area contributed by atoms with Crippen LogP contribution in [0.2, 0.25) is 5.02 Å². The highest BCUT2D eigenvalue weighted by Gasteiger charge is 2.13. The van der Waals surface area contributed by atoms with Gasteiger partial charge in [0.15, 0.2) is 0 Å². The number of hydrogen-bond acceptors (Lipinski definition) is 2. The first-order chi connectivity index (χ1) is 11.3. The summed E-state index contributed by atoms with van der Waals surface area (Å²) in [5.74, 6) is -0.472. The van der Waals surface area contributed by atoms with Gasteiger partial charge in [0, 0.05) is 26.8 Å². The average molecular weight is 410 g/mol. The van der Waals surface area contributed by atoms with Crippen molar-refractivity contribution >= 4 is 50.7 Å². The Morgan fingerprint density at radius 3 is 2.46 bits per heavy atom. The lowest BCUT2D eigenvalue weighted by Crippen LogP contribution is -2.18. The standard InChI is InChI=1S/C18H18BrClN2O2/c1-10(2)17(23)21-13-6-4-11(3)16(9-13)22-18(24)14-8-12(20)5-7-15(14)19/h4-10H,1-3H3,(H,21,23)(H,22,24). The van der Waals surface area contributed by atoms with Gasteiger partial charge < -0.3 is 10.6 Å². The molecule has 0 bridgehead atoms. The molecule has 0 aliphatic rings. The highest BCUT2D eigenvalue weighted by molar-refractivity contribution is 9.10. The van der Waals surface area contributed by atoms with Gasteiger partial charge in [-0.05, 0) is 58.7 Å². The van der Waals surface area contributed by atoms with E-state index in [0.717, 1.165) is 5.56 Å². The first-order valence-electron chi connectivity index (χ1n) is 7.46. The molecule has 0 aliphatic carbocycles. The van der Waals surface area contributed by atoms with Crippen LogP contribution in [0.15, 0.2) is 40.9 Å². The van der Waals surface area contributed by atoms with E-state index < -0.39 is 0 Å². The van der Waals surface area contributed by atoms with Gasteiger partial charge in [0.25, 0.3) is 5.91 Å². The number of rotatable bonds is 4. The molecule has 4 nitrogen and oxygen atoms in total. The lowest BCUT2D eigenvalue weighted by molar-refractivity contribution is -0.118. The second-order valence-corrected chi connectivity index (χ2v) is 7.04. The number of hydrogen-bond donors (Lipinski definition) is 2. The van der Waals surface area contributed by atoms with Gasteiger partial charge in [-0.3, -0.25) is 9.59 Å². The van der Waals surface area contributed by atoms with Crippen molar-refractivity contribution in [2.24, 2.45) is 5.92 Å². The van der Waals surface area contributed by atoms with E-state index in [0.29, 0.717) is 26.4 Å². The predicted octanol–water partition coefficient (Wildman–Crippen LogP) is 5.26. The second kappa shape index (κ2) is 7.81. The number of anilines is 2. The van der Waals surface area contributed by atoms with Crippen LogP contribution in [0, 0.1) is 12.8 Å². The summed E-state index contributed by atoms with van der Waals surface area (Å²) in [5.41, 5.74) is 2.61. The molecule has 0 saturated heterocycles. The Morgan fingerprint density at radius 1 is 1.08 bits per heavy atom. The molecule has 2 N–H and O–H groups in total. The predicted molar refractivity (Wildman–Crippen MR) is 102 cm³/mol. The van der Waals surface area contributed by atoms with Gasteiger partial charge in [-0.25, -0.2) is 0 Å². The van der Waals surface area contributed by atoms with Crippen LogP contribution in [-0.2, 0) is 4.79 Å². The Bertz CT molecular complexity index is 791. The van der Waals surface area contributed by atoms with Crippen LogP contribution in [-0.4, -0.2) is 11.8 Å². The van der Waals surface area contributed by atoms with Crippen molar-refractivity contribution in [1.29, 1.82) is 0 Å². The maximum Gasteiger partial charge on any atom is 0.256 e. The fraction of sp³-hybridized carbons (Fsp3) is 0.222. The third kappa shape index (κ3) is 4.58. The van der Waals surface area contributed by atoms with E-state index in [1.54, 1.807) is 30.3 Å². The van der Waals surface area contributed by atoms with Crippen molar-refractivity contribution in [2.75, 3.05) is 10.6 Å². The molecule has 0 unspecified atom stereocenters. The van der Waals surface area contributed by atoms with Gasteiger partial charge in [0.1, 0.15) is 0 Å². The molecule has 2 rings (SSSR count). The number of aryl methyl sites for hydroxylation is 1. The number of carbonyl (C=O) groups excluding carboxylic acids is 2. The molecule has 2 aromatic rings. The lowest BCUT2D eigenvalue weighted by atomic mass is 10.1. The van der Waals surface area contributed by atoms with Crippen molar-refractivity contribution < 1.29 is 9.59 Å². The fourth-order valence-electron chi connectivity index (χ4n) is 1.98. The maximum absolute atomic E-state index is 12.5. The third-order valence-electron chi connectivity index (χ3n) is 3.45. The number of benzene rings is 2. The zero-order valence-corrected chi connectivity index (χ0v) is 16.0. The lowest BCUT2D eigenvalue weighted by Gasteiger charge is -2.13. The number of amides is 2. The summed E-state index contributed by atoms with van der Waals surface area (Å²) in [6.07, 6.45) is 0. The van der Waals surface area contributed by atoms with Gasteiger partial charge >= 0.3 is 0 Å². The second-order valence-electron chi connectivity index (χ2n) is 5.75.